The van der Waals surface area contributed by atoms with E-state index in [0.717, 1.165) is 0 Å². The van der Waals surface area contributed by atoms with Gasteiger partial charge in [0, 0.05) is 11.8 Å². The minimum Gasteiger partial charge on any atom is -0.495 e. The van der Waals surface area contributed by atoms with Gasteiger partial charge in [0.2, 0.25) is 0 Å². The summed E-state index contributed by atoms with van der Waals surface area (Å²) in [6.07, 6.45) is 0. The number of rotatable bonds is 3. The van der Waals surface area contributed by atoms with Crippen LogP contribution in [0.3, 0.4) is 0 Å². The fourth-order valence-electron chi connectivity index (χ4n) is 1.23. The van der Waals surface area contributed by atoms with E-state index >= 15 is 0 Å². The average molecular weight is 234 g/mol. The van der Waals surface area contributed by atoms with E-state index < -0.39 is 5.91 Å². The first-order valence-corrected chi connectivity index (χ1v) is 4.69. The van der Waals surface area contributed by atoms with Gasteiger partial charge in [-0.3, -0.25) is 4.79 Å². The lowest BCUT2D eigenvalue weighted by Gasteiger charge is -2.07. The molecule has 0 spiro atoms. The third-order valence-corrected chi connectivity index (χ3v) is 2.04. The topological polar surface area (TPSA) is 119 Å². The highest BCUT2D eigenvalue weighted by molar-refractivity contribution is 6.01. The Morgan fingerprint density at radius 2 is 2.35 bits per heavy atom. The molecule has 0 bridgehead atoms. The second-order valence-corrected chi connectivity index (χ2v) is 3.15. The minimum atomic E-state index is -0.467. The Hall–Kier alpha value is -2.64. The second-order valence-electron chi connectivity index (χ2n) is 3.15. The van der Waals surface area contributed by atoms with Crippen LogP contribution in [-0.2, 0) is 0 Å². The third kappa shape index (κ3) is 2.30. The number of ether oxygens (including phenoxy) is 1. The molecule has 0 saturated heterocycles. The number of anilines is 2. The number of H-pyrrole nitrogens is 1. The van der Waals surface area contributed by atoms with E-state index in [9.17, 15) is 4.79 Å². The molecule has 0 aliphatic carbocycles. The van der Waals surface area contributed by atoms with Crippen LogP contribution < -0.4 is 15.8 Å². The van der Waals surface area contributed by atoms with E-state index in [4.69, 9.17) is 10.5 Å². The molecule has 0 unspecified atom stereocenters. The highest BCUT2D eigenvalue weighted by atomic mass is 16.5. The lowest BCUT2D eigenvalue weighted by molar-refractivity contribution is 0.101. The number of nitrogens with two attached hydrogens (primary N) is 1. The quantitative estimate of drug-likeness (QED) is 0.645. The number of nitrogen functional groups attached to an aromatic ring is 1. The molecule has 2 aromatic rings. The van der Waals surface area contributed by atoms with Crippen LogP contribution in [0.4, 0.5) is 11.4 Å². The molecular weight excluding hydrogens is 224 g/mol. The van der Waals surface area contributed by atoms with Crippen LogP contribution >= 0.6 is 0 Å². The molecule has 8 heteroatoms. The Kier molecular flexibility index (Phi) is 2.86. The molecule has 2 rings (SSSR count). The number of nitrogens with one attached hydrogen (secondary N) is 2. The molecule has 0 aliphatic rings. The minimum absolute atomic E-state index is 0.0409. The van der Waals surface area contributed by atoms with E-state index in [2.05, 4.69) is 25.9 Å². The number of methoxy groups -OCH3 is 1. The van der Waals surface area contributed by atoms with Crippen molar-refractivity contribution in [3.05, 3.63) is 24.0 Å². The molecule has 1 aromatic heterocycles. The summed E-state index contributed by atoms with van der Waals surface area (Å²) in [5.74, 6) is -0.0257. The van der Waals surface area contributed by atoms with Gasteiger partial charge in [0.05, 0.1) is 12.8 Å². The van der Waals surface area contributed by atoms with Gasteiger partial charge in [-0.25, -0.2) is 0 Å². The zero-order valence-electron chi connectivity index (χ0n) is 8.97. The summed E-state index contributed by atoms with van der Waals surface area (Å²) in [4.78, 5) is 11.6. The fourth-order valence-corrected chi connectivity index (χ4v) is 1.23. The first-order chi connectivity index (χ1) is 8.20. The zero-order chi connectivity index (χ0) is 12.3. The van der Waals surface area contributed by atoms with Gasteiger partial charge < -0.3 is 15.8 Å². The van der Waals surface area contributed by atoms with Crippen LogP contribution in [0, 0.1) is 0 Å². The third-order valence-electron chi connectivity index (χ3n) is 2.04. The number of hydrogen-bond donors (Lipinski definition) is 3. The predicted octanol–water partition coefficient (Wildman–Crippen LogP) is 0.0428. The van der Waals surface area contributed by atoms with Gasteiger partial charge >= 0.3 is 0 Å². The van der Waals surface area contributed by atoms with Crippen LogP contribution in [0.5, 0.6) is 5.75 Å². The molecule has 1 heterocycles. The molecule has 0 atom stereocenters. The summed E-state index contributed by atoms with van der Waals surface area (Å²) >= 11 is 0. The van der Waals surface area contributed by atoms with Gasteiger partial charge in [-0.1, -0.05) is 0 Å². The molecule has 0 aliphatic heterocycles. The average Bonchev–Trinajstić information content (AvgIpc) is 2.85. The van der Waals surface area contributed by atoms with Crippen LogP contribution in [0.2, 0.25) is 0 Å². The Morgan fingerprint density at radius 3 is 3.00 bits per heavy atom. The number of hydrogen-bond acceptors (Lipinski definition) is 6. The van der Waals surface area contributed by atoms with Crippen molar-refractivity contribution in [2.45, 2.75) is 0 Å². The summed E-state index contributed by atoms with van der Waals surface area (Å²) in [6, 6.07) is 4.88. The maximum Gasteiger partial charge on any atom is 0.297 e. The molecule has 0 saturated carbocycles. The number of benzene rings is 1. The molecule has 0 fully saturated rings. The molecule has 8 nitrogen and oxygen atoms in total. The number of aromatic nitrogens is 4. The van der Waals surface area contributed by atoms with Crippen molar-refractivity contribution in [2.24, 2.45) is 0 Å². The largest absolute Gasteiger partial charge is 0.495 e. The smallest absolute Gasteiger partial charge is 0.297 e. The summed E-state index contributed by atoms with van der Waals surface area (Å²) in [7, 11) is 1.50. The summed E-state index contributed by atoms with van der Waals surface area (Å²) in [5.41, 5.74) is 6.67. The van der Waals surface area contributed by atoms with E-state index in [1.807, 2.05) is 0 Å². The molecule has 1 amide bonds. The lowest BCUT2D eigenvalue weighted by atomic mass is 10.2. The first kappa shape index (κ1) is 10.9. The monoisotopic (exact) mass is 234 g/mol. The number of nitrogens with zero attached hydrogens (tertiary/aromatic N) is 3. The molecule has 1 aromatic carbocycles. The van der Waals surface area contributed by atoms with Crippen molar-refractivity contribution >= 4 is 17.3 Å². The highest BCUT2D eigenvalue weighted by Crippen LogP contribution is 2.24. The van der Waals surface area contributed by atoms with Crippen LogP contribution in [-0.4, -0.2) is 33.6 Å². The van der Waals surface area contributed by atoms with Gasteiger partial charge in [0.15, 0.2) is 0 Å². The zero-order valence-corrected chi connectivity index (χ0v) is 8.97. The van der Waals surface area contributed by atoms with Gasteiger partial charge in [-0.05, 0) is 17.3 Å². The van der Waals surface area contributed by atoms with Gasteiger partial charge in [-0.15, -0.1) is 10.2 Å². The van der Waals surface area contributed by atoms with E-state index in [1.54, 1.807) is 18.2 Å². The Labute approximate surface area is 96.2 Å². The normalized spacial score (nSPS) is 9.94. The standard InChI is InChI=1S/C9H10N6O2/c1-17-7-4-5(2-3-6(7)10)11-9(16)8-12-14-15-13-8/h2-4H,10H2,1H3,(H,11,16)(H,12,13,14,15). The van der Waals surface area contributed by atoms with Crippen molar-refractivity contribution in [1.29, 1.82) is 0 Å². The SMILES string of the molecule is COc1cc(NC(=O)c2nn[nH]n2)ccc1N. The summed E-state index contributed by atoms with van der Waals surface area (Å²) in [6.45, 7) is 0. The molecule has 0 radical (unpaired) electrons. The second kappa shape index (κ2) is 4.47. The van der Waals surface area contributed by atoms with Crippen molar-refractivity contribution in [3.63, 3.8) is 0 Å². The van der Waals surface area contributed by atoms with Gasteiger partial charge in [0.1, 0.15) is 5.75 Å². The summed E-state index contributed by atoms with van der Waals surface area (Å²) < 4.78 is 5.03. The van der Waals surface area contributed by atoms with Crippen molar-refractivity contribution in [2.75, 3.05) is 18.2 Å². The number of amides is 1. The van der Waals surface area contributed by atoms with Crippen LogP contribution in [0.25, 0.3) is 0 Å². The number of carbonyl (C=O) groups is 1. The van der Waals surface area contributed by atoms with Crippen molar-refractivity contribution in [1.82, 2.24) is 20.6 Å². The maximum absolute atomic E-state index is 11.6. The Balaban J connectivity index is 2.16. The lowest BCUT2D eigenvalue weighted by Crippen LogP contribution is -2.14. The number of aromatic amines is 1. The van der Waals surface area contributed by atoms with E-state index in [1.165, 1.54) is 7.11 Å². The van der Waals surface area contributed by atoms with Crippen molar-refractivity contribution in [3.8, 4) is 5.75 Å². The van der Waals surface area contributed by atoms with Crippen LogP contribution in [0.1, 0.15) is 10.6 Å². The van der Waals surface area contributed by atoms with E-state index in [-0.39, 0.29) is 5.82 Å². The Bertz CT molecular complexity index is 524. The molecular formula is C9H10N6O2. The molecule has 88 valence electrons. The number of tetrazole rings is 1. The first-order valence-electron chi connectivity index (χ1n) is 4.69. The number of carbonyl (C=O) groups excluding carboxylic acids is 1. The predicted molar refractivity (Wildman–Crippen MR) is 59.5 cm³/mol. The van der Waals surface area contributed by atoms with E-state index in [0.29, 0.717) is 17.1 Å². The molecule has 4 N–H and O–H groups in total. The van der Waals surface area contributed by atoms with Gasteiger partial charge in [-0.2, -0.15) is 5.21 Å². The van der Waals surface area contributed by atoms with Gasteiger partial charge in [0.25, 0.3) is 11.7 Å². The van der Waals surface area contributed by atoms with Crippen LogP contribution in [0.15, 0.2) is 18.2 Å². The molecule has 17 heavy (non-hydrogen) atoms. The fraction of sp³-hybridized carbons (Fsp3) is 0.111. The summed E-state index contributed by atoms with van der Waals surface area (Å²) in [5, 5.41) is 15.2. The maximum atomic E-state index is 11.6. The van der Waals surface area contributed by atoms with Crippen molar-refractivity contribution < 1.29 is 9.53 Å². The highest BCUT2D eigenvalue weighted by Gasteiger charge is 2.11. The Morgan fingerprint density at radius 1 is 1.53 bits per heavy atom.